The number of amides is 2. The van der Waals surface area contributed by atoms with Crippen LogP contribution in [0.1, 0.15) is 12.0 Å². The van der Waals surface area contributed by atoms with Gasteiger partial charge in [-0.1, -0.05) is 17.7 Å². The highest BCUT2D eigenvalue weighted by molar-refractivity contribution is 6.00. The Morgan fingerprint density at radius 2 is 1.57 bits per heavy atom. The summed E-state index contributed by atoms with van der Waals surface area (Å²) in [6.45, 7) is 4.88. The van der Waals surface area contributed by atoms with E-state index in [-0.39, 0.29) is 29.8 Å². The molecule has 2 aromatic rings. The highest BCUT2D eigenvalue weighted by Gasteiger charge is 2.37. The van der Waals surface area contributed by atoms with E-state index in [0.29, 0.717) is 32.7 Å². The van der Waals surface area contributed by atoms with Crippen LogP contribution in [0, 0.1) is 23.0 Å². The molecule has 0 spiro atoms. The van der Waals surface area contributed by atoms with Gasteiger partial charge in [0.2, 0.25) is 11.8 Å². The molecule has 8 nitrogen and oxygen atoms in total. The highest BCUT2D eigenvalue weighted by atomic mass is 16.6. The SMILES string of the molecule is Cc1ccc(N2C[C@H](C(=O)N3CCN(c4ccc([N+](=O)[O-])cc4)CC3)CC2=O)cc1. The largest absolute Gasteiger partial charge is 0.368 e. The maximum atomic E-state index is 13.0. The Hall–Kier alpha value is -3.42. The minimum absolute atomic E-state index is 0.0123. The van der Waals surface area contributed by atoms with E-state index in [0.717, 1.165) is 16.9 Å². The third-order valence-corrected chi connectivity index (χ3v) is 5.84. The molecule has 0 radical (unpaired) electrons. The molecule has 2 fully saturated rings. The number of benzene rings is 2. The Morgan fingerprint density at radius 1 is 0.967 bits per heavy atom. The lowest BCUT2D eigenvalue weighted by molar-refractivity contribution is -0.384. The number of aryl methyl sites for hydroxylation is 1. The number of rotatable bonds is 4. The lowest BCUT2D eigenvalue weighted by atomic mass is 10.1. The summed E-state index contributed by atoms with van der Waals surface area (Å²) in [5, 5.41) is 10.8. The van der Waals surface area contributed by atoms with Crippen molar-refractivity contribution in [3.05, 3.63) is 64.2 Å². The highest BCUT2D eigenvalue weighted by Crippen LogP contribution is 2.27. The molecule has 0 saturated carbocycles. The van der Waals surface area contributed by atoms with E-state index in [1.165, 1.54) is 12.1 Å². The molecule has 0 bridgehead atoms. The maximum Gasteiger partial charge on any atom is 0.269 e. The quantitative estimate of drug-likeness (QED) is 0.573. The summed E-state index contributed by atoms with van der Waals surface area (Å²) >= 11 is 0. The van der Waals surface area contributed by atoms with Crippen molar-refractivity contribution in [2.75, 3.05) is 42.5 Å². The zero-order valence-electron chi connectivity index (χ0n) is 16.9. The molecular formula is C22H24N4O4. The fourth-order valence-corrected chi connectivity index (χ4v) is 4.08. The summed E-state index contributed by atoms with van der Waals surface area (Å²) in [7, 11) is 0. The fourth-order valence-electron chi connectivity index (χ4n) is 4.08. The zero-order valence-corrected chi connectivity index (χ0v) is 16.9. The van der Waals surface area contributed by atoms with Gasteiger partial charge in [-0.05, 0) is 31.2 Å². The summed E-state index contributed by atoms with van der Waals surface area (Å²) < 4.78 is 0. The number of nitrogens with zero attached hydrogens (tertiary/aromatic N) is 4. The first-order valence-corrected chi connectivity index (χ1v) is 10.1. The van der Waals surface area contributed by atoms with Crippen LogP contribution in [0.4, 0.5) is 17.1 Å². The lowest BCUT2D eigenvalue weighted by Crippen LogP contribution is -2.50. The van der Waals surface area contributed by atoms with E-state index < -0.39 is 4.92 Å². The van der Waals surface area contributed by atoms with Gasteiger partial charge in [0.15, 0.2) is 0 Å². The Morgan fingerprint density at radius 3 is 2.17 bits per heavy atom. The number of carbonyl (C=O) groups excluding carboxylic acids is 2. The Balaban J connectivity index is 1.34. The Bertz CT molecular complexity index is 950. The molecule has 1 atom stereocenters. The van der Waals surface area contributed by atoms with Crippen LogP contribution in [0.5, 0.6) is 0 Å². The smallest absolute Gasteiger partial charge is 0.269 e. The maximum absolute atomic E-state index is 13.0. The van der Waals surface area contributed by atoms with Crippen molar-refractivity contribution in [3.63, 3.8) is 0 Å². The minimum atomic E-state index is -0.414. The van der Waals surface area contributed by atoms with Gasteiger partial charge in [-0.2, -0.15) is 0 Å². The van der Waals surface area contributed by atoms with E-state index in [9.17, 15) is 19.7 Å². The van der Waals surface area contributed by atoms with Crippen LogP contribution in [-0.2, 0) is 9.59 Å². The lowest BCUT2D eigenvalue weighted by Gasteiger charge is -2.37. The van der Waals surface area contributed by atoms with Gasteiger partial charge in [-0.25, -0.2) is 0 Å². The van der Waals surface area contributed by atoms with E-state index in [2.05, 4.69) is 4.90 Å². The normalized spacial score (nSPS) is 19.3. The third-order valence-electron chi connectivity index (χ3n) is 5.84. The van der Waals surface area contributed by atoms with Crippen LogP contribution in [0.2, 0.25) is 0 Å². The molecule has 2 saturated heterocycles. The number of hydrogen-bond donors (Lipinski definition) is 0. The summed E-state index contributed by atoms with van der Waals surface area (Å²) in [4.78, 5) is 41.5. The van der Waals surface area contributed by atoms with Crippen molar-refractivity contribution in [2.24, 2.45) is 5.92 Å². The predicted molar refractivity (Wildman–Crippen MR) is 114 cm³/mol. The van der Waals surface area contributed by atoms with Crippen LogP contribution in [0.3, 0.4) is 0 Å². The molecule has 0 aliphatic carbocycles. The molecule has 2 aliphatic rings. The second-order valence-electron chi connectivity index (χ2n) is 7.83. The predicted octanol–water partition coefficient (Wildman–Crippen LogP) is 2.60. The molecule has 0 unspecified atom stereocenters. The van der Waals surface area contributed by atoms with E-state index >= 15 is 0 Å². The summed E-state index contributed by atoms with van der Waals surface area (Å²) in [6, 6.07) is 14.2. The van der Waals surface area contributed by atoms with Crippen molar-refractivity contribution >= 4 is 28.9 Å². The van der Waals surface area contributed by atoms with E-state index in [4.69, 9.17) is 0 Å². The summed E-state index contributed by atoms with van der Waals surface area (Å²) in [5.41, 5.74) is 2.94. The van der Waals surface area contributed by atoms with Crippen LogP contribution in [0.25, 0.3) is 0 Å². The average Bonchev–Trinajstić information content (AvgIpc) is 3.15. The molecule has 2 heterocycles. The van der Waals surface area contributed by atoms with Crippen molar-refractivity contribution in [3.8, 4) is 0 Å². The first-order chi connectivity index (χ1) is 14.4. The van der Waals surface area contributed by atoms with Crippen LogP contribution in [0.15, 0.2) is 48.5 Å². The molecule has 0 aromatic heterocycles. The van der Waals surface area contributed by atoms with Gasteiger partial charge in [0.25, 0.3) is 5.69 Å². The first kappa shape index (κ1) is 19.9. The Labute approximate surface area is 174 Å². The molecule has 2 aromatic carbocycles. The number of nitro benzene ring substituents is 1. The number of piperazine rings is 1. The zero-order chi connectivity index (χ0) is 21.3. The average molecular weight is 408 g/mol. The van der Waals surface area contributed by atoms with Crippen molar-refractivity contribution in [1.82, 2.24) is 4.90 Å². The molecule has 8 heteroatoms. The molecule has 4 rings (SSSR count). The minimum Gasteiger partial charge on any atom is -0.368 e. The monoisotopic (exact) mass is 408 g/mol. The first-order valence-electron chi connectivity index (χ1n) is 10.1. The number of anilines is 2. The van der Waals surface area contributed by atoms with Gasteiger partial charge in [-0.3, -0.25) is 19.7 Å². The standard InChI is InChI=1S/C22H24N4O4/c1-16-2-4-19(5-3-16)25-15-17(14-21(25)27)22(28)24-12-10-23(11-13-24)18-6-8-20(9-7-18)26(29)30/h2-9,17H,10-15H2,1H3/t17-/m1/s1. The van der Waals surface area contributed by atoms with Crippen molar-refractivity contribution in [2.45, 2.75) is 13.3 Å². The van der Waals surface area contributed by atoms with Gasteiger partial charge in [0.05, 0.1) is 10.8 Å². The number of hydrogen-bond acceptors (Lipinski definition) is 5. The van der Waals surface area contributed by atoms with Crippen LogP contribution in [-0.4, -0.2) is 54.4 Å². The molecule has 30 heavy (non-hydrogen) atoms. The van der Waals surface area contributed by atoms with Gasteiger partial charge >= 0.3 is 0 Å². The van der Waals surface area contributed by atoms with Crippen molar-refractivity contribution < 1.29 is 14.5 Å². The van der Waals surface area contributed by atoms with Crippen LogP contribution >= 0.6 is 0 Å². The second-order valence-corrected chi connectivity index (χ2v) is 7.83. The summed E-state index contributed by atoms with van der Waals surface area (Å²) in [5.74, 6) is -0.298. The second kappa shape index (κ2) is 8.14. The summed E-state index contributed by atoms with van der Waals surface area (Å²) in [6.07, 6.45) is 0.245. The Kier molecular flexibility index (Phi) is 5.39. The van der Waals surface area contributed by atoms with Crippen LogP contribution < -0.4 is 9.80 Å². The molecule has 156 valence electrons. The molecule has 2 amide bonds. The fraction of sp³-hybridized carbons (Fsp3) is 0.364. The number of carbonyl (C=O) groups is 2. The van der Waals surface area contributed by atoms with E-state index in [1.54, 1.807) is 17.0 Å². The molecule has 0 N–H and O–H groups in total. The number of non-ortho nitro benzene ring substituents is 1. The van der Waals surface area contributed by atoms with Gasteiger partial charge in [0.1, 0.15) is 0 Å². The number of nitro groups is 1. The van der Waals surface area contributed by atoms with E-state index in [1.807, 2.05) is 36.1 Å². The van der Waals surface area contributed by atoms with Gasteiger partial charge in [0, 0.05) is 62.7 Å². The molecular weight excluding hydrogens is 384 g/mol. The van der Waals surface area contributed by atoms with Gasteiger partial charge < -0.3 is 14.7 Å². The van der Waals surface area contributed by atoms with Gasteiger partial charge in [-0.15, -0.1) is 0 Å². The molecule has 2 aliphatic heterocycles. The van der Waals surface area contributed by atoms with Crippen molar-refractivity contribution in [1.29, 1.82) is 0 Å². The third kappa shape index (κ3) is 3.98. The topological polar surface area (TPSA) is 87.0 Å².